The third kappa shape index (κ3) is 1.86. The maximum Gasteiger partial charge on any atom is 0.326 e. The highest BCUT2D eigenvalue weighted by molar-refractivity contribution is 7.91. The molecular weight excluding hydrogens is 247 g/mol. The zero-order valence-electron chi connectivity index (χ0n) is 9.05. The van der Waals surface area contributed by atoms with Crippen molar-refractivity contribution < 1.29 is 17.6 Å². The van der Waals surface area contributed by atoms with Crippen LogP contribution in [0.5, 0.6) is 0 Å². The molecule has 0 radical (unpaired) electrons. The molecule has 1 amide bonds. The van der Waals surface area contributed by atoms with Crippen molar-refractivity contribution in [3.05, 3.63) is 29.8 Å². The molecule has 2 rings (SSSR count). The van der Waals surface area contributed by atoms with E-state index in [0.29, 0.717) is 4.31 Å². The first-order valence-corrected chi connectivity index (χ1v) is 6.43. The van der Waals surface area contributed by atoms with Gasteiger partial charge in [-0.3, -0.25) is 9.52 Å². The topological polar surface area (TPSA) is 66.5 Å². The summed E-state index contributed by atoms with van der Waals surface area (Å²) in [6, 6.07) is 5.20. The highest BCUT2D eigenvalue weighted by Crippen LogP contribution is 2.27. The van der Waals surface area contributed by atoms with E-state index in [1.54, 1.807) is 12.1 Å². The van der Waals surface area contributed by atoms with Gasteiger partial charge >= 0.3 is 10.2 Å². The van der Waals surface area contributed by atoms with Gasteiger partial charge in [-0.05, 0) is 19.1 Å². The molecule has 1 aromatic carbocycles. The summed E-state index contributed by atoms with van der Waals surface area (Å²) in [7, 11) is -4.00. The Kier molecular flexibility index (Phi) is 2.78. The van der Waals surface area contributed by atoms with Gasteiger partial charge in [-0.1, -0.05) is 12.1 Å². The van der Waals surface area contributed by atoms with Crippen LogP contribution in [0.3, 0.4) is 0 Å². The molecular formula is C10H11FN2O3S. The van der Waals surface area contributed by atoms with Gasteiger partial charge in [0, 0.05) is 0 Å². The number of hydrogen-bond donors (Lipinski definition) is 1. The van der Waals surface area contributed by atoms with E-state index < -0.39 is 28.8 Å². The van der Waals surface area contributed by atoms with Crippen LogP contribution in [0.4, 0.5) is 10.1 Å². The summed E-state index contributed by atoms with van der Waals surface area (Å²) in [6.45, 7) is 0.417. The van der Waals surface area contributed by atoms with Gasteiger partial charge in [0.2, 0.25) is 0 Å². The number of fused-ring (bicyclic) bond motifs is 1. The number of nitrogens with one attached hydrogen (secondary N) is 1. The van der Waals surface area contributed by atoms with Crippen LogP contribution in [0.2, 0.25) is 0 Å². The highest BCUT2D eigenvalue weighted by atomic mass is 32.2. The average Bonchev–Trinajstić information content (AvgIpc) is 2.27. The number of carbonyl (C=O) groups excluding carboxylic acids is 1. The van der Waals surface area contributed by atoms with Crippen LogP contribution in [0.25, 0.3) is 0 Å². The SMILES string of the molecule is CC(CF)N1C(=O)c2ccccc2NS1(=O)=O. The lowest BCUT2D eigenvalue weighted by atomic mass is 10.1. The Morgan fingerprint density at radius 3 is 2.71 bits per heavy atom. The maximum atomic E-state index is 12.6. The number of halogens is 1. The fourth-order valence-electron chi connectivity index (χ4n) is 1.67. The van der Waals surface area contributed by atoms with Gasteiger partial charge < -0.3 is 0 Å². The fourth-order valence-corrected chi connectivity index (χ4v) is 3.08. The molecule has 0 aromatic heterocycles. The molecule has 1 atom stereocenters. The first-order chi connectivity index (χ1) is 7.97. The molecule has 5 nitrogen and oxygen atoms in total. The van der Waals surface area contributed by atoms with Gasteiger partial charge in [-0.2, -0.15) is 8.42 Å². The molecule has 1 unspecified atom stereocenters. The Hall–Kier alpha value is -1.63. The number of alkyl halides is 1. The standard InChI is InChI=1S/C10H11FN2O3S/c1-7(6-11)13-10(14)8-4-2-3-5-9(8)12-17(13,15)16/h2-5,7,12H,6H2,1H3. The lowest BCUT2D eigenvalue weighted by molar-refractivity contribution is 0.0812. The Bertz CT molecular complexity index is 558. The number of rotatable bonds is 2. The third-order valence-corrected chi connectivity index (χ3v) is 4.00. The first kappa shape index (κ1) is 11.8. The number of nitrogens with zero attached hydrogens (tertiary/aromatic N) is 1. The molecule has 1 aromatic rings. The predicted molar refractivity (Wildman–Crippen MR) is 60.6 cm³/mol. The fraction of sp³-hybridized carbons (Fsp3) is 0.300. The number of carbonyl (C=O) groups is 1. The lowest BCUT2D eigenvalue weighted by Crippen LogP contribution is -2.50. The largest absolute Gasteiger partial charge is 0.326 e. The van der Waals surface area contributed by atoms with Crippen LogP contribution in [0.15, 0.2) is 24.3 Å². The Balaban J connectivity index is 2.55. The van der Waals surface area contributed by atoms with Gasteiger partial charge in [0.25, 0.3) is 5.91 Å². The number of para-hydroxylation sites is 1. The van der Waals surface area contributed by atoms with Crippen molar-refractivity contribution in [2.24, 2.45) is 0 Å². The van der Waals surface area contributed by atoms with E-state index in [0.717, 1.165) is 0 Å². The van der Waals surface area contributed by atoms with Crippen molar-refractivity contribution in [1.82, 2.24) is 4.31 Å². The number of benzene rings is 1. The van der Waals surface area contributed by atoms with Crippen LogP contribution in [0.1, 0.15) is 17.3 Å². The summed E-state index contributed by atoms with van der Waals surface area (Å²) in [5.41, 5.74) is 0.447. The van der Waals surface area contributed by atoms with E-state index in [9.17, 15) is 17.6 Å². The zero-order valence-corrected chi connectivity index (χ0v) is 9.87. The first-order valence-electron chi connectivity index (χ1n) is 4.99. The molecule has 7 heteroatoms. The van der Waals surface area contributed by atoms with Crippen molar-refractivity contribution in [2.75, 3.05) is 11.4 Å². The summed E-state index contributed by atoms with van der Waals surface area (Å²) in [5, 5.41) is 0. The molecule has 0 saturated heterocycles. The van der Waals surface area contributed by atoms with Crippen molar-refractivity contribution >= 4 is 21.8 Å². The molecule has 0 spiro atoms. The summed E-state index contributed by atoms with van der Waals surface area (Å²) in [6.07, 6.45) is 0. The van der Waals surface area contributed by atoms with E-state index in [1.807, 2.05) is 0 Å². The smallest absolute Gasteiger partial charge is 0.268 e. The minimum absolute atomic E-state index is 0.222. The zero-order chi connectivity index (χ0) is 12.6. The molecule has 0 fully saturated rings. The monoisotopic (exact) mass is 258 g/mol. The van der Waals surface area contributed by atoms with Crippen LogP contribution >= 0.6 is 0 Å². The molecule has 1 N–H and O–H groups in total. The van der Waals surface area contributed by atoms with Crippen LogP contribution in [-0.2, 0) is 10.2 Å². The predicted octanol–water partition coefficient (Wildman–Crippen LogP) is 1.16. The van der Waals surface area contributed by atoms with Crippen molar-refractivity contribution in [1.29, 1.82) is 0 Å². The van der Waals surface area contributed by atoms with Gasteiger partial charge in [-0.25, -0.2) is 8.70 Å². The van der Waals surface area contributed by atoms with E-state index in [-0.39, 0.29) is 11.3 Å². The summed E-state index contributed by atoms with van der Waals surface area (Å²) < 4.78 is 38.9. The third-order valence-electron chi connectivity index (χ3n) is 2.48. The summed E-state index contributed by atoms with van der Waals surface area (Å²) in [5.74, 6) is -0.704. The van der Waals surface area contributed by atoms with Gasteiger partial charge in [0.15, 0.2) is 0 Å². The molecule has 1 heterocycles. The summed E-state index contributed by atoms with van der Waals surface area (Å²) >= 11 is 0. The van der Waals surface area contributed by atoms with Crippen molar-refractivity contribution in [3.63, 3.8) is 0 Å². The number of anilines is 1. The second-order valence-electron chi connectivity index (χ2n) is 3.76. The number of hydrogen-bond acceptors (Lipinski definition) is 3. The van der Waals surface area contributed by atoms with E-state index in [2.05, 4.69) is 4.72 Å². The molecule has 1 aliphatic rings. The number of amides is 1. The van der Waals surface area contributed by atoms with E-state index in [1.165, 1.54) is 19.1 Å². The van der Waals surface area contributed by atoms with E-state index >= 15 is 0 Å². The van der Waals surface area contributed by atoms with Gasteiger partial charge in [0.1, 0.15) is 6.67 Å². The Morgan fingerprint density at radius 2 is 2.06 bits per heavy atom. The second kappa shape index (κ2) is 3.99. The average molecular weight is 258 g/mol. The van der Waals surface area contributed by atoms with Crippen LogP contribution in [0, 0.1) is 0 Å². The highest BCUT2D eigenvalue weighted by Gasteiger charge is 2.38. The minimum atomic E-state index is -4.00. The van der Waals surface area contributed by atoms with Gasteiger partial charge in [-0.15, -0.1) is 0 Å². The molecule has 92 valence electrons. The molecule has 0 aliphatic carbocycles. The summed E-state index contributed by atoms with van der Waals surface area (Å²) in [4.78, 5) is 12.0. The van der Waals surface area contributed by atoms with E-state index in [4.69, 9.17) is 0 Å². The molecule has 17 heavy (non-hydrogen) atoms. The molecule has 1 aliphatic heterocycles. The molecule has 0 saturated carbocycles. The van der Waals surface area contributed by atoms with Gasteiger partial charge in [0.05, 0.1) is 17.3 Å². The maximum absolute atomic E-state index is 12.6. The Labute approximate surface area is 98.4 Å². The lowest BCUT2D eigenvalue weighted by Gasteiger charge is -2.31. The quantitative estimate of drug-likeness (QED) is 0.865. The normalized spacial score (nSPS) is 19.4. The van der Waals surface area contributed by atoms with Crippen LogP contribution in [-0.4, -0.2) is 31.3 Å². The minimum Gasteiger partial charge on any atom is -0.268 e. The second-order valence-corrected chi connectivity index (χ2v) is 5.30. The van der Waals surface area contributed by atoms with Crippen molar-refractivity contribution in [2.45, 2.75) is 13.0 Å². The van der Waals surface area contributed by atoms with Crippen LogP contribution < -0.4 is 4.72 Å². The molecule has 0 bridgehead atoms. The van der Waals surface area contributed by atoms with Crippen molar-refractivity contribution in [3.8, 4) is 0 Å². The Morgan fingerprint density at radius 1 is 1.41 bits per heavy atom.